The Hall–Kier alpha value is -1.11. The first-order chi connectivity index (χ1) is 23.6. The van der Waals surface area contributed by atoms with Crippen LogP contribution in [-0.4, -0.2) is 51.1 Å². The Morgan fingerprint density at radius 3 is 2.22 bits per heavy atom. The summed E-state index contributed by atoms with van der Waals surface area (Å²) in [5.74, 6) is 5.47. The monoisotopic (exact) mass is 686 g/mol. The van der Waals surface area contributed by atoms with E-state index in [-0.39, 0.29) is 12.0 Å². The number of unbranched alkanes of at least 4 members (excludes halogenated alkanes) is 6. The molecule has 4 aliphatic carbocycles. The molecule has 3 saturated carbocycles. The summed E-state index contributed by atoms with van der Waals surface area (Å²) in [4.78, 5) is 4.33. The largest absolute Gasteiger partial charge is 0.379 e. The number of aliphatic imine (C=N–C) groups is 1. The summed E-state index contributed by atoms with van der Waals surface area (Å²) in [6.45, 7) is 18.2. The summed E-state index contributed by atoms with van der Waals surface area (Å²) in [6.07, 6.45) is 27.7. The second-order valence-corrected chi connectivity index (χ2v) is 17.9. The van der Waals surface area contributed by atoms with E-state index in [0.717, 1.165) is 74.4 Å². The maximum Gasteiger partial charge on any atom is 0.186 e. The van der Waals surface area contributed by atoms with Gasteiger partial charge in [0.1, 0.15) is 6.04 Å². The lowest BCUT2D eigenvalue weighted by Gasteiger charge is -2.58. The molecule has 0 bridgehead atoms. The molecule has 0 radical (unpaired) electrons. The lowest BCUT2D eigenvalue weighted by Crippen LogP contribution is -2.51. The van der Waals surface area contributed by atoms with Crippen molar-refractivity contribution in [2.75, 3.05) is 33.0 Å². The SMILES string of the molecule is CCCCCCCCOCC(COCCCCO[C@H]1CC[C@@]2(C)C(=CC[C@H]3[C@@H]4CC[C@H](C(C)CCCC(C)C)[C@@]4(C)CC[C@@H]32)C1)N=C(N)N. The number of allylic oxidation sites excluding steroid dienone is 1. The smallest absolute Gasteiger partial charge is 0.186 e. The van der Waals surface area contributed by atoms with Crippen molar-refractivity contribution in [1.29, 1.82) is 0 Å². The van der Waals surface area contributed by atoms with Gasteiger partial charge in [-0.05, 0) is 117 Å². The van der Waals surface area contributed by atoms with Crippen LogP contribution in [0.15, 0.2) is 16.6 Å². The van der Waals surface area contributed by atoms with Gasteiger partial charge in [-0.1, -0.05) is 105 Å². The van der Waals surface area contributed by atoms with Gasteiger partial charge in [-0.15, -0.1) is 0 Å². The van der Waals surface area contributed by atoms with Crippen LogP contribution in [0.3, 0.4) is 0 Å². The van der Waals surface area contributed by atoms with Gasteiger partial charge in [-0.25, -0.2) is 4.99 Å². The zero-order valence-electron chi connectivity index (χ0n) is 33.0. The quantitative estimate of drug-likeness (QED) is 0.0483. The molecule has 0 aromatic heterocycles. The lowest BCUT2D eigenvalue weighted by atomic mass is 9.47. The summed E-state index contributed by atoms with van der Waals surface area (Å²) in [7, 11) is 0. The first kappa shape index (κ1) is 40.7. The summed E-state index contributed by atoms with van der Waals surface area (Å²) in [5.41, 5.74) is 14.0. The Morgan fingerprint density at radius 2 is 1.51 bits per heavy atom. The number of hydrogen-bond donors (Lipinski definition) is 2. The third-order valence-corrected chi connectivity index (χ3v) is 13.9. The molecule has 0 spiro atoms. The summed E-state index contributed by atoms with van der Waals surface area (Å²) in [6, 6.07) is -0.141. The molecule has 4 N–H and O–H groups in total. The molecule has 2 unspecified atom stereocenters. The van der Waals surface area contributed by atoms with Crippen molar-refractivity contribution in [2.24, 2.45) is 62.8 Å². The average molecular weight is 686 g/mol. The van der Waals surface area contributed by atoms with Crippen molar-refractivity contribution in [2.45, 2.75) is 176 Å². The molecule has 6 nitrogen and oxygen atoms in total. The molecule has 0 aromatic carbocycles. The highest BCUT2D eigenvalue weighted by Crippen LogP contribution is 2.67. The predicted molar refractivity (Wildman–Crippen MR) is 207 cm³/mol. The van der Waals surface area contributed by atoms with Gasteiger partial charge in [0.05, 0.1) is 19.3 Å². The Kier molecular flexibility index (Phi) is 16.8. The fourth-order valence-electron chi connectivity index (χ4n) is 11.1. The van der Waals surface area contributed by atoms with E-state index in [9.17, 15) is 0 Å². The third kappa shape index (κ3) is 11.4. The molecular weight excluding hydrogens is 606 g/mol. The number of ether oxygens (including phenoxy) is 3. The van der Waals surface area contributed by atoms with Gasteiger partial charge in [-0.3, -0.25) is 0 Å². The van der Waals surface area contributed by atoms with E-state index in [1.54, 1.807) is 5.57 Å². The Bertz CT molecular complexity index is 1010. The van der Waals surface area contributed by atoms with E-state index in [0.29, 0.717) is 36.8 Å². The summed E-state index contributed by atoms with van der Waals surface area (Å²) < 4.78 is 18.3. The van der Waals surface area contributed by atoms with Crippen molar-refractivity contribution >= 4 is 5.96 Å². The molecule has 3 fully saturated rings. The first-order valence-corrected chi connectivity index (χ1v) is 21.1. The maximum atomic E-state index is 6.50. The predicted octanol–water partition coefficient (Wildman–Crippen LogP) is 10.2. The van der Waals surface area contributed by atoms with E-state index in [2.05, 4.69) is 52.6 Å². The highest BCUT2D eigenvalue weighted by atomic mass is 16.5. The molecule has 0 aromatic rings. The zero-order chi connectivity index (χ0) is 35.3. The number of rotatable bonds is 23. The van der Waals surface area contributed by atoms with E-state index in [4.69, 9.17) is 25.7 Å². The highest BCUT2D eigenvalue weighted by Gasteiger charge is 2.59. The molecule has 0 amide bonds. The van der Waals surface area contributed by atoms with Gasteiger partial charge < -0.3 is 25.7 Å². The molecule has 0 saturated heterocycles. The van der Waals surface area contributed by atoms with Crippen molar-refractivity contribution in [1.82, 2.24) is 0 Å². The standard InChI is InChI=1S/C43H79N3O3/c1-7-8-9-10-11-12-26-47-30-35(46-41(44)45)31-48-27-13-14-28-49-36-22-24-42(5)34(29-36)18-19-37-39-21-20-38(33(4)17-15-16-32(2)3)43(39,6)25-23-40(37)42/h18,32-33,35-40H,7-17,19-31H2,1-6H3,(H4,44,45,46)/t33?,35?,36-,37-,38+,39-,40-,42-,43+/m0/s1. The van der Waals surface area contributed by atoms with Crippen molar-refractivity contribution in [3.8, 4) is 0 Å². The topological polar surface area (TPSA) is 92.1 Å². The van der Waals surface area contributed by atoms with Crippen LogP contribution >= 0.6 is 0 Å². The molecule has 4 rings (SSSR count). The highest BCUT2D eigenvalue weighted by molar-refractivity contribution is 5.75. The molecule has 284 valence electrons. The number of guanidine groups is 1. The number of fused-ring (bicyclic) bond motifs is 5. The Morgan fingerprint density at radius 1 is 0.816 bits per heavy atom. The van der Waals surface area contributed by atoms with Crippen LogP contribution in [0.25, 0.3) is 0 Å². The van der Waals surface area contributed by atoms with Gasteiger partial charge in [0.15, 0.2) is 5.96 Å². The minimum atomic E-state index is -0.141. The van der Waals surface area contributed by atoms with Crippen molar-refractivity contribution in [3.63, 3.8) is 0 Å². The molecule has 4 aliphatic rings. The number of nitrogens with zero attached hydrogens (tertiary/aromatic N) is 1. The normalized spacial score (nSPS) is 32.2. The lowest BCUT2D eigenvalue weighted by molar-refractivity contribution is -0.0643. The fourth-order valence-corrected chi connectivity index (χ4v) is 11.1. The van der Waals surface area contributed by atoms with E-state index in [1.165, 1.54) is 96.3 Å². The second kappa shape index (κ2) is 20.2. The average Bonchev–Trinajstić information content (AvgIpc) is 3.42. The minimum Gasteiger partial charge on any atom is -0.379 e. The number of nitrogens with two attached hydrogens (primary N) is 2. The van der Waals surface area contributed by atoms with Crippen LogP contribution in [0.2, 0.25) is 0 Å². The molecule has 49 heavy (non-hydrogen) atoms. The van der Waals surface area contributed by atoms with E-state index in [1.807, 2.05) is 0 Å². The third-order valence-electron chi connectivity index (χ3n) is 13.9. The maximum absolute atomic E-state index is 6.50. The van der Waals surface area contributed by atoms with Crippen molar-refractivity contribution < 1.29 is 14.2 Å². The Labute approximate surface area is 302 Å². The van der Waals surface area contributed by atoms with Gasteiger partial charge in [0.2, 0.25) is 0 Å². The van der Waals surface area contributed by atoms with Gasteiger partial charge in [-0.2, -0.15) is 0 Å². The van der Waals surface area contributed by atoms with Crippen LogP contribution in [-0.2, 0) is 14.2 Å². The second-order valence-electron chi connectivity index (χ2n) is 17.9. The fraction of sp³-hybridized carbons (Fsp3) is 0.930. The number of hydrogen-bond acceptors (Lipinski definition) is 4. The van der Waals surface area contributed by atoms with Crippen LogP contribution < -0.4 is 11.5 Å². The van der Waals surface area contributed by atoms with Gasteiger partial charge in [0.25, 0.3) is 0 Å². The molecule has 0 heterocycles. The first-order valence-electron chi connectivity index (χ1n) is 21.1. The van der Waals surface area contributed by atoms with Crippen molar-refractivity contribution in [3.05, 3.63) is 11.6 Å². The van der Waals surface area contributed by atoms with E-state index < -0.39 is 0 Å². The molecule has 0 aliphatic heterocycles. The summed E-state index contributed by atoms with van der Waals surface area (Å²) >= 11 is 0. The van der Waals surface area contributed by atoms with Gasteiger partial charge >= 0.3 is 0 Å². The minimum absolute atomic E-state index is 0.101. The zero-order valence-corrected chi connectivity index (χ0v) is 33.0. The van der Waals surface area contributed by atoms with E-state index >= 15 is 0 Å². The summed E-state index contributed by atoms with van der Waals surface area (Å²) in [5, 5.41) is 0. The van der Waals surface area contributed by atoms with Crippen LogP contribution in [0.5, 0.6) is 0 Å². The van der Waals surface area contributed by atoms with Crippen LogP contribution in [0.4, 0.5) is 0 Å². The van der Waals surface area contributed by atoms with Gasteiger partial charge in [0, 0.05) is 19.8 Å². The molecule has 6 heteroatoms. The Balaban J connectivity index is 1.13. The van der Waals surface area contributed by atoms with Crippen LogP contribution in [0.1, 0.15) is 164 Å². The van der Waals surface area contributed by atoms with Crippen LogP contribution in [0, 0.1) is 46.3 Å². The molecular formula is C43H79N3O3. The molecule has 9 atom stereocenters.